The Hall–Kier alpha value is -3.67. The van der Waals surface area contributed by atoms with Crippen LogP contribution in [0.2, 0.25) is 0 Å². The average molecular weight is 549 g/mol. The number of hydrogen-bond donors (Lipinski definition) is 3. The van der Waals surface area contributed by atoms with Crippen LogP contribution >= 0.6 is 11.9 Å². The van der Waals surface area contributed by atoms with Gasteiger partial charge in [0, 0.05) is 73.7 Å². The van der Waals surface area contributed by atoms with Gasteiger partial charge in [-0.2, -0.15) is 0 Å². The van der Waals surface area contributed by atoms with Crippen LogP contribution in [0.1, 0.15) is 30.1 Å². The number of primary amides is 1. The number of hydrogen-bond acceptors (Lipinski definition) is 8. The van der Waals surface area contributed by atoms with Gasteiger partial charge in [-0.1, -0.05) is 25.5 Å². The van der Waals surface area contributed by atoms with E-state index < -0.39 is 6.03 Å². The van der Waals surface area contributed by atoms with Crippen molar-refractivity contribution in [3.8, 4) is 11.3 Å². The largest absolute Gasteiger partial charge is 0.351 e. The van der Waals surface area contributed by atoms with Gasteiger partial charge in [-0.15, -0.1) is 0 Å². The molecule has 5 N–H and O–H groups in total. The van der Waals surface area contributed by atoms with E-state index in [1.165, 1.54) is 4.90 Å². The van der Waals surface area contributed by atoms with Crippen molar-refractivity contribution in [1.82, 2.24) is 24.1 Å². The van der Waals surface area contributed by atoms with Crippen molar-refractivity contribution in [3.05, 3.63) is 66.4 Å². The Labute approximate surface area is 233 Å². The number of nitrogens with two attached hydrogens (primary N) is 2. The standard InChI is InChI=1S/C28H36N8O2S/c1-2-3-15-36(16-13-29)39-24-10-6-21(7-11-24)25-12-14-31-28(33-25)32-23-8-4-22(5-9-23)26(37)34-17-19-35(20-18-34)27(30)38/h4-12,14H,2-3,13,15-20,29H2,1H3,(H2,30,38)(H,31,32,33). The zero-order chi connectivity index (χ0) is 27.6. The summed E-state index contributed by atoms with van der Waals surface area (Å²) in [6, 6.07) is 17.0. The minimum Gasteiger partial charge on any atom is -0.351 e. The maximum Gasteiger partial charge on any atom is 0.314 e. The third-order valence-electron chi connectivity index (χ3n) is 6.45. The summed E-state index contributed by atoms with van der Waals surface area (Å²) in [7, 11) is 0. The van der Waals surface area contributed by atoms with Gasteiger partial charge in [0.15, 0.2) is 0 Å². The van der Waals surface area contributed by atoms with E-state index in [0.717, 1.165) is 42.9 Å². The molecule has 1 aliphatic heterocycles. The molecule has 0 radical (unpaired) electrons. The molecule has 0 saturated carbocycles. The van der Waals surface area contributed by atoms with Crippen LogP contribution in [0.25, 0.3) is 11.3 Å². The van der Waals surface area contributed by atoms with Crippen LogP contribution in [0, 0.1) is 0 Å². The first-order valence-electron chi connectivity index (χ1n) is 13.2. The molecule has 1 fully saturated rings. The Morgan fingerprint density at radius 1 is 0.974 bits per heavy atom. The van der Waals surface area contributed by atoms with Crippen molar-refractivity contribution in [2.24, 2.45) is 11.5 Å². The first-order valence-corrected chi connectivity index (χ1v) is 14.0. The molecule has 2 aromatic carbocycles. The molecule has 0 unspecified atom stereocenters. The van der Waals surface area contributed by atoms with Crippen LogP contribution in [0.15, 0.2) is 65.7 Å². The summed E-state index contributed by atoms with van der Waals surface area (Å²) in [5.74, 6) is 0.406. The van der Waals surface area contributed by atoms with E-state index >= 15 is 0 Å². The summed E-state index contributed by atoms with van der Waals surface area (Å²) in [5.41, 5.74) is 14.3. The highest BCUT2D eigenvalue weighted by Gasteiger charge is 2.23. The summed E-state index contributed by atoms with van der Waals surface area (Å²) < 4.78 is 2.31. The molecule has 0 aliphatic carbocycles. The van der Waals surface area contributed by atoms with Gasteiger partial charge in [0.25, 0.3) is 5.91 Å². The zero-order valence-corrected chi connectivity index (χ0v) is 23.1. The molecule has 1 aliphatic rings. The Balaban J connectivity index is 1.36. The highest BCUT2D eigenvalue weighted by atomic mass is 32.2. The maximum absolute atomic E-state index is 12.8. The van der Waals surface area contributed by atoms with Crippen molar-refractivity contribution >= 4 is 35.5 Å². The lowest BCUT2D eigenvalue weighted by atomic mass is 10.1. The molecule has 11 heteroatoms. The molecule has 3 amide bonds. The monoisotopic (exact) mass is 548 g/mol. The Kier molecular flexibility index (Phi) is 10.1. The van der Waals surface area contributed by atoms with Crippen molar-refractivity contribution < 1.29 is 9.59 Å². The molecule has 10 nitrogen and oxygen atoms in total. The second kappa shape index (κ2) is 13.9. The number of carbonyl (C=O) groups excluding carboxylic acids is 2. The number of aromatic nitrogens is 2. The highest BCUT2D eigenvalue weighted by molar-refractivity contribution is 7.97. The van der Waals surface area contributed by atoms with Gasteiger partial charge in [-0.3, -0.25) is 4.79 Å². The predicted octanol–water partition coefficient (Wildman–Crippen LogP) is 3.79. The summed E-state index contributed by atoms with van der Waals surface area (Å²) in [5, 5.41) is 3.22. The third kappa shape index (κ3) is 7.92. The molecule has 0 atom stereocenters. The van der Waals surface area contributed by atoms with Gasteiger partial charge >= 0.3 is 6.03 Å². The minimum atomic E-state index is -0.452. The number of anilines is 2. The van der Waals surface area contributed by atoms with Crippen molar-refractivity contribution in [2.75, 3.05) is 51.1 Å². The lowest BCUT2D eigenvalue weighted by molar-refractivity contribution is 0.0669. The number of urea groups is 1. The van der Waals surface area contributed by atoms with Crippen molar-refractivity contribution in [3.63, 3.8) is 0 Å². The summed E-state index contributed by atoms with van der Waals surface area (Å²) in [6.45, 7) is 6.53. The number of rotatable bonds is 11. The van der Waals surface area contributed by atoms with Crippen LogP contribution in [0.3, 0.4) is 0 Å². The first-order chi connectivity index (χ1) is 19.0. The maximum atomic E-state index is 12.8. The smallest absolute Gasteiger partial charge is 0.314 e. The molecule has 39 heavy (non-hydrogen) atoms. The minimum absolute atomic E-state index is 0.0676. The van der Waals surface area contributed by atoms with E-state index in [2.05, 4.69) is 50.8 Å². The molecule has 1 saturated heterocycles. The molecule has 2 heterocycles. The number of unbranched alkanes of at least 4 members (excludes halogenated alkanes) is 1. The molecular formula is C28H36N8O2S. The fraction of sp³-hybridized carbons (Fsp3) is 0.357. The van der Waals surface area contributed by atoms with E-state index in [9.17, 15) is 9.59 Å². The lowest BCUT2D eigenvalue weighted by Crippen LogP contribution is -2.52. The van der Waals surface area contributed by atoms with Crippen LogP contribution in [-0.2, 0) is 0 Å². The molecule has 4 rings (SSSR count). The van der Waals surface area contributed by atoms with Crippen LogP contribution in [0.5, 0.6) is 0 Å². The molecule has 1 aromatic heterocycles. The lowest BCUT2D eigenvalue weighted by Gasteiger charge is -2.33. The fourth-order valence-corrected chi connectivity index (χ4v) is 5.21. The summed E-state index contributed by atoms with van der Waals surface area (Å²) in [4.78, 5) is 37.6. The highest BCUT2D eigenvalue weighted by Crippen LogP contribution is 2.26. The van der Waals surface area contributed by atoms with Gasteiger partial charge in [0.05, 0.1) is 5.69 Å². The second-order valence-corrected chi connectivity index (χ2v) is 10.4. The number of carbonyl (C=O) groups is 2. The van der Waals surface area contributed by atoms with Gasteiger partial charge in [0.2, 0.25) is 5.95 Å². The van der Waals surface area contributed by atoms with Crippen LogP contribution in [-0.4, -0.2) is 81.8 Å². The first kappa shape index (κ1) is 28.3. The van der Waals surface area contributed by atoms with Crippen molar-refractivity contribution in [2.45, 2.75) is 24.7 Å². The number of nitrogens with one attached hydrogen (secondary N) is 1. The molecule has 3 aromatic rings. The number of benzene rings is 2. The Bertz CT molecular complexity index is 1230. The Morgan fingerprint density at radius 3 is 2.31 bits per heavy atom. The van der Waals surface area contributed by atoms with Crippen LogP contribution in [0.4, 0.5) is 16.4 Å². The number of piperazine rings is 1. The quantitative estimate of drug-likeness (QED) is 0.308. The summed E-state index contributed by atoms with van der Waals surface area (Å²) in [6.07, 6.45) is 4.03. The van der Waals surface area contributed by atoms with E-state index in [0.29, 0.717) is 44.2 Å². The van der Waals surface area contributed by atoms with Crippen molar-refractivity contribution in [1.29, 1.82) is 0 Å². The molecule has 0 spiro atoms. The van der Waals surface area contributed by atoms with E-state index in [-0.39, 0.29) is 5.91 Å². The van der Waals surface area contributed by atoms with Gasteiger partial charge in [-0.25, -0.2) is 19.1 Å². The molecule has 206 valence electrons. The topological polar surface area (TPSA) is 134 Å². The van der Waals surface area contributed by atoms with E-state index in [4.69, 9.17) is 11.5 Å². The normalized spacial score (nSPS) is 13.5. The third-order valence-corrected chi connectivity index (χ3v) is 7.55. The number of amides is 3. The fourth-order valence-electron chi connectivity index (χ4n) is 4.23. The molecular weight excluding hydrogens is 512 g/mol. The summed E-state index contributed by atoms with van der Waals surface area (Å²) >= 11 is 1.74. The van der Waals surface area contributed by atoms with Gasteiger partial charge in [-0.05, 0) is 60.8 Å². The van der Waals surface area contributed by atoms with Gasteiger partial charge in [0.1, 0.15) is 0 Å². The predicted molar refractivity (Wildman–Crippen MR) is 156 cm³/mol. The van der Waals surface area contributed by atoms with Crippen LogP contribution < -0.4 is 16.8 Å². The Morgan fingerprint density at radius 2 is 1.67 bits per heavy atom. The number of nitrogens with zero attached hydrogens (tertiary/aromatic N) is 5. The molecule has 0 bridgehead atoms. The van der Waals surface area contributed by atoms with E-state index in [1.807, 2.05) is 18.2 Å². The second-order valence-electron chi connectivity index (χ2n) is 9.27. The van der Waals surface area contributed by atoms with Gasteiger partial charge < -0.3 is 26.6 Å². The van der Waals surface area contributed by atoms with E-state index in [1.54, 1.807) is 40.1 Å². The zero-order valence-electron chi connectivity index (χ0n) is 22.3. The SMILES string of the molecule is CCCCN(CCN)Sc1ccc(-c2ccnc(Nc3ccc(C(=O)N4CCN(C(N)=O)CC4)cc3)n2)cc1. The average Bonchev–Trinajstić information content (AvgIpc) is 2.96.